The van der Waals surface area contributed by atoms with Crippen LogP contribution in [0.5, 0.6) is 11.5 Å². The highest BCUT2D eigenvalue weighted by atomic mass is 16.5. The predicted molar refractivity (Wildman–Crippen MR) is 114 cm³/mol. The minimum Gasteiger partial charge on any atom is -0.493 e. The van der Waals surface area contributed by atoms with Gasteiger partial charge in [-0.05, 0) is 55.3 Å². The van der Waals surface area contributed by atoms with Gasteiger partial charge in [0, 0.05) is 12.2 Å². The van der Waals surface area contributed by atoms with Crippen molar-refractivity contribution in [2.24, 2.45) is 0 Å². The maximum absolute atomic E-state index is 12.7. The first-order chi connectivity index (χ1) is 15.0. The van der Waals surface area contributed by atoms with Crippen LogP contribution in [0.4, 0.5) is 5.69 Å². The van der Waals surface area contributed by atoms with Crippen molar-refractivity contribution in [1.82, 2.24) is 4.90 Å². The summed E-state index contributed by atoms with van der Waals surface area (Å²) >= 11 is 0. The number of imide groups is 1. The Morgan fingerprint density at radius 3 is 2.42 bits per heavy atom. The average Bonchev–Trinajstić information content (AvgIpc) is 3.04. The molecule has 1 saturated heterocycles. The Hall–Kier alpha value is -3.55. The lowest BCUT2D eigenvalue weighted by Gasteiger charge is -2.17. The van der Waals surface area contributed by atoms with E-state index in [2.05, 4.69) is 5.32 Å². The molecule has 0 spiro atoms. The summed E-state index contributed by atoms with van der Waals surface area (Å²) in [7, 11) is 3.13. The number of rotatable bonds is 9. The lowest BCUT2D eigenvalue weighted by Crippen LogP contribution is -2.36. The molecule has 1 aliphatic heterocycles. The number of carbonyl (C=O) groups excluding carboxylic acids is 3. The van der Waals surface area contributed by atoms with Crippen LogP contribution in [0.3, 0.4) is 0 Å². The number of esters is 1. The van der Waals surface area contributed by atoms with E-state index in [1.807, 2.05) is 12.1 Å². The Morgan fingerprint density at radius 2 is 1.77 bits per heavy atom. The van der Waals surface area contributed by atoms with E-state index in [1.165, 1.54) is 4.90 Å². The highest BCUT2D eigenvalue weighted by molar-refractivity contribution is 6.06. The minimum atomic E-state index is -0.633. The number of amides is 2. The van der Waals surface area contributed by atoms with Gasteiger partial charge in [0.25, 0.3) is 5.91 Å². The molecule has 2 aromatic carbocycles. The van der Waals surface area contributed by atoms with Crippen molar-refractivity contribution in [1.29, 1.82) is 0 Å². The summed E-state index contributed by atoms with van der Waals surface area (Å²) in [5.74, 6) is 0.344. The summed E-state index contributed by atoms with van der Waals surface area (Å²) in [5, 5.41) is 3.08. The average molecular weight is 426 g/mol. The third kappa shape index (κ3) is 5.14. The van der Waals surface area contributed by atoms with Gasteiger partial charge in [-0.1, -0.05) is 6.07 Å². The van der Waals surface area contributed by atoms with Crippen LogP contribution in [-0.2, 0) is 20.7 Å². The van der Waals surface area contributed by atoms with Crippen molar-refractivity contribution in [3.05, 3.63) is 53.6 Å². The summed E-state index contributed by atoms with van der Waals surface area (Å²) in [4.78, 5) is 38.2. The highest BCUT2D eigenvalue weighted by Crippen LogP contribution is 2.28. The quantitative estimate of drug-likeness (QED) is 0.487. The number of anilines is 1. The van der Waals surface area contributed by atoms with E-state index in [0.29, 0.717) is 35.8 Å². The second-order valence-corrected chi connectivity index (χ2v) is 7.02. The van der Waals surface area contributed by atoms with E-state index in [1.54, 1.807) is 51.5 Å². The zero-order chi connectivity index (χ0) is 22.4. The van der Waals surface area contributed by atoms with E-state index in [-0.39, 0.29) is 24.8 Å². The van der Waals surface area contributed by atoms with Crippen LogP contribution >= 0.6 is 0 Å². The second-order valence-electron chi connectivity index (χ2n) is 7.02. The van der Waals surface area contributed by atoms with Gasteiger partial charge >= 0.3 is 5.97 Å². The summed E-state index contributed by atoms with van der Waals surface area (Å²) in [5.41, 5.74) is 2.02. The molecular formula is C23H26N2O6. The maximum atomic E-state index is 12.7. The van der Waals surface area contributed by atoms with E-state index < -0.39 is 12.0 Å². The Kier molecular flexibility index (Phi) is 7.12. The molecule has 1 atom stereocenters. The Labute approximate surface area is 181 Å². The monoisotopic (exact) mass is 426 g/mol. The van der Waals surface area contributed by atoms with Gasteiger partial charge in [-0.3, -0.25) is 14.5 Å². The number of nitrogens with one attached hydrogen (secondary N) is 1. The van der Waals surface area contributed by atoms with Crippen molar-refractivity contribution in [3.63, 3.8) is 0 Å². The van der Waals surface area contributed by atoms with Crippen LogP contribution in [0, 0.1) is 0 Å². The molecule has 3 rings (SSSR count). The summed E-state index contributed by atoms with van der Waals surface area (Å²) in [6, 6.07) is 11.5. The van der Waals surface area contributed by atoms with Crippen molar-refractivity contribution >= 4 is 23.5 Å². The minimum absolute atomic E-state index is 0.0877. The molecule has 164 valence electrons. The molecule has 1 N–H and O–H groups in total. The molecule has 2 amide bonds. The van der Waals surface area contributed by atoms with Crippen molar-refractivity contribution < 1.29 is 28.6 Å². The number of hydrogen-bond acceptors (Lipinski definition) is 7. The number of hydrogen-bond donors (Lipinski definition) is 1. The normalized spacial score (nSPS) is 15.7. The smallest absolute Gasteiger partial charge is 0.338 e. The zero-order valence-electron chi connectivity index (χ0n) is 17.8. The summed E-state index contributed by atoms with van der Waals surface area (Å²) < 4.78 is 15.5. The maximum Gasteiger partial charge on any atom is 0.338 e. The molecule has 0 unspecified atom stereocenters. The first-order valence-electron chi connectivity index (χ1n) is 10.1. The van der Waals surface area contributed by atoms with Gasteiger partial charge in [0.05, 0.1) is 32.8 Å². The Balaban J connectivity index is 1.60. The first kappa shape index (κ1) is 22.1. The van der Waals surface area contributed by atoms with Crippen LogP contribution in [0.15, 0.2) is 42.5 Å². The van der Waals surface area contributed by atoms with Gasteiger partial charge in [-0.15, -0.1) is 0 Å². The standard InChI is InChI=1S/C23H26N2O6/c1-4-31-23(28)16-6-8-17(9-7-16)24-18-14-21(26)25(22(18)27)12-11-15-5-10-19(29-2)20(13-15)30-3/h5-10,13,18,24H,4,11-12,14H2,1-3H3/t18-/m1/s1. The molecule has 2 aromatic rings. The largest absolute Gasteiger partial charge is 0.493 e. The lowest BCUT2D eigenvalue weighted by molar-refractivity contribution is -0.138. The van der Waals surface area contributed by atoms with Crippen molar-refractivity contribution in [2.45, 2.75) is 25.8 Å². The molecular weight excluding hydrogens is 400 g/mol. The lowest BCUT2D eigenvalue weighted by atomic mass is 10.1. The molecule has 0 aliphatic carbocycles. The van der Waals surface area contributed by atoms with Gasteiger partial charge in [-0.25, -0.2) is 4.79 Å². The molecule has 1 aliphatic rings. The van der Waals surface area contributed by atoms with Crippen LogP contribution in [0.1, 0.15) is 29.3 Å². The molecule has 31 heavy (non-hydrogen) atoms. The fourth-order valence-electron chi connectivity index (χ4n) is 3.43. The van der Waals surface area contributed by atoms with Crippen LogP contribution < -0.4 is 14.8 Å². The van der Waals surface area contributed by atoms with Crippen molar-refractivity contribution in [3.8, 4) is 11.5 Å². The highest BCUT2D eigenvalue weighted by Gasteiger charge is 2.38. The van der Waals surface area contributed by atoms with Gasteiger partial charge in [-0.2, -0.15) is 0 Å². The van der Waals surface area contributed by atoms with Crippen molar-refractivity contribution in [2.75, 3.05) is 32.7 Å². The zero-order valence-corrected chi connectivity index (χ0v) is 17.8. The fourth-order valence-corrected chi connectivity index (χ4v) is 3.43. The van der Waals surface area contributed by atoms with Gasteiger partial charge in [0.1, 0.15) is 6.04 Å². The third-order valence-electron chi connectivity index (χ3n) is 5.05. The number of ether oxygens (including phenoxy) is 3. The van der Waals surface area contributed by atoms with Gasteiger partial charge in [0.15, 0.2) is 11.5 Å². The fraction of sp³-hybridized carbons (Fsp3) is 0.348. The van der Waals surface area contributed by atoms with Crippen LogP contribution in [0.2, 0.25) is 0 Å². The second kappa shape index (κ2) is 9.97. The number of nitrogens with zero attached hydrogens (tertiary/aromatic N) is 1. The third-order valence-corrected chi connectivity index (χ3v) is 5.05. The first-order valence-corrected chi connectivity index (χ1v) is 10.1. The summed E-state index contributed by atoms with van der Waals surface area (Å²) in [6.07, 6.45) is 0.600. The number of carbonyl (C=O) groups is 3. The van der Waals surface area contributed by atoms with Gasteiger partial charge in [0.2, 0.25) is 5.91 Å². The van der Waals surface area contributed by atoms with E-state index in [4.69, 9.17) is 14.2 Å². The van der Waals surface area contributed by atoms with Crippen LogP contribution in [-0.4, -0.2) is 56.1 Å². The molecule has 0 aromatic heterocycles. The molecule has 0 saturated carbocycles. The molecule has 1 heterocycles. The van der Waals surface area contributed by atoms with Crippen LogP contribution in [0.25, 0.3) is 0 Å². The van der Waals surface area contributed by atoms with E-state index >= 15 is 0 Å². The molecule has 0 radical (unpaired) electrons. The number of likely N-dealkylation sites (tertiary alicyclic amines) is 1. The number of methoxy groups -OCH3 is 2. The molecule has 1 fully saturated rings. The molecule has 0 bridgehead atoms. The van der Waals surface area contributed by atoms with E-state index in [0.717, 1.165) is 5.56 Å². The summed E-state index contributed by atoms with van der Waals surface area (Å²) in [6.45, 7) is 2.33. The van der Waals surface area contributed by atoms with E-state index in [9.17, 15) is 14.4 Å². The Bertz CT molecular complexity index is 957. The van der Waals surface area contributed by atoms with Gasteiger partial charge < -0.3 is 19.5 Å². The molecule has 8 heteroatoms. The Morgan fingerprint density at radius 1 is 1.06 bits per heavy atom. The topological polar surface area (TPSA) is 94.2 Å². The number of benzene rings is 2. The SMILES string of the molecule is CCOC(=O)c1ccc(N[C@@H]2CC(=O)N(CCc3ccc(OC)c(OC)c3)C2=O)cc1. The molecule has 8 nitrogen and oxygen atoms in total. The predicted octanol–water partition coefficient (Wildman–Crippen LogP) is 2.66.